The molecule has 0 aromatic carbocycles. The number of rotatable bonds is 44. The minimum absolute atomic E-state index is 0.0466. The maximum atomic E-state index is 13.1. The van der Waals surface area contributed by atoms with Gasteiger partial charge in [0.2, 0.25) is 0 Å². The molecule has 11 atom stereocenters. The first kappa shape index (κ1) is 66.3. The van der Waals surface area contributed by atoms with Gasteiger partial charge >= 0.3 is 5.97 Å². The summed E-state index contributed by atoms with van der Waals surface area (Å²) < 4.78 is 34.3. The molecule has 2 aliphatic rings. The molecule has 420 valence electrons. The normalized spacial score (nSPS) is 25.6. The van der Waals surface area contributed by atoms with Crippen LogP contribution >= 0.6 is 0 Å². The zero-order valence-corrected chi connectivity index (χ0v) is 44.8. The van der Waals surface area contributed by atoms with Crippen molar-refractivity contribution in [1.82, 2.24) is 0 Å². The van der Waals surface area contributed by atoms with Crippen molar-refractivity contribution < 1.29 is 69.0 Å². The molecule has 2 heterocycles. The number of unbranched alkanes of at least 4 members (excludes halogenated alkanes) is 16. The van der Waals surface area contributed by atoms with E-state index in [4.69, 9.17) is 28.4 Å². The highest BCUT2D eigenvalue weighted by atomic mass is 16.7. The highest BCUT2D eigenvalue weighted by Gasteiger charge is 2.47. The van der Waals surface area contributed by atoms with Crippen molar-refractivity contribution in [3.8, 4) is 0 Å². The molecule has 0 saturated carbocycles. The van der Waals surface area contributed by atoms with Crippen LogP contribution in [0.1, 0.15) is 181 Å². The summed E-state index contributed by atoms with van der Waals surface area (Å²) in [5, 5.41) is 72.3. The SMILES string of the molecule is CC/C=C\C/C=C\C/C=C\C/C=C\C/C=C\C/C=C\CCCCCCCCC(=O)OC(COCCCCCCCC/C=C\CCCCCC)COC1OC(COC2OC(CO)C(O)C(O)C2O)C(O)C(O)C1O. The van der Waals surface area contributed by atoms with Gasteiger partial charge in [-0.2, -0.15) is 0 Å². The number of ether oxygens (including phenoxy) is 6. The van der Waals surface area contributed by atoms with Gasteiger partial charge in [0.05, 0.1) is 26.4 Å². The van der Waals surface area contributed by atoms with E-state index in [1.165, 1.54) is 51.4 Å². The van der Waals surface area contributed by atoms with Gasteiger partial charge in [-0.1, -0.05) is 170 Å². The molecular formula is C59H100O14. The number of hydrogen-bond donors (Lipinski definition) is 7. The Balaban J connectivity index is 1.73. The van der Waals surface area contributed by atoms with Crippen LogP contribution in [-0.2, 0) is 33.2 Å². The summed E-state index contributed by atoms with van der Waals surface area (Å²) in [6.45, 7) is 3.51. The Labute approximate surface area is 439 Å². The molecule has 2 fully saturated rings. The number of aliphatic hydroxyl groups excluding tert-OH is 7. The van der Waals surface area contributed by atoms with Gasteiger partial charge in [-0.3, -0.25) is 4.79 Å². The van der Waals surface area contributed by atoms with Crippen LogP contribution in [0.2, 0.25) is 0 Å². The van der Waals surface area contributed by atoms with Gasteiger partial charge in [-0.15, -0.1) is 0 Å². The number of carbonyl (C=O) groups excluding carboxylic acids is 1. The van der Waals surface area contributed by atoms with Crippen LogP contribution in [0.5, 0.6) is 0 Å². The third-order valence-corrected chi connectivity index (χ3v) is 12.9. The van der Waals surface area contributed by atoms with Crippen LogP contribution in [0.25, 0.3) is 0 Å². The minimum Gasteiger partial charge on any atom is -0.457 e. The van der Waals surface area contributed by atoms with Crippen LogP contribution in [0.3, 0.4) is 0 Å². The lowest BCUT2D eigenvalue weighted by Crippen LogP contribution is -2.61. The van der Waals surface area contributed by atoms with Crippen molar-refractivity contribution in [3.05, 3.63) is 85.1 Å². The molecule has 0 radical (unpaired) electrons. The Hall–Kier alpha value is -2.83. The molecule has 0 aliphatic carbocycles. The number of esters is 1. The monoisotopic (exact) mass is 1030 g/mol. The number of aliphatic hydroxyl groups is 7. The van der Waals surface area contributed by atoms with E-state index in [-0.39, 0.29) is 19.6 Å². The lowest BCUT2D eigenvalue weighted by Gasteiger charge is -2.42. The molecular weight excluding hydrogens is 933 g/mol. The molecule has 14 nitrogen and oxygen atoms in total. The molecule has 73 heavy (non-hydrogen) atoms. The summed E-state index contributed by atoms with van der Waals surface area (Å²) >= 11 is 0. The van der Waals surface area contributed by atoms with Crippen molar-refractivity contribution in [2.24, 2.45) is 0 Å². The van der Waals surface area contributed by atoms with Crippen LogP contribution in [0, 0.1) is 0 Å². The van der Waals surface area contributed by atoms with Gasteiger partial charge in [-0.05, 0) is 89.9 Å². The van der Waals surface area contributed by atoms with Crippen LogP contribution in [-0.4, -0.2) is 142 Å². The van der Waals surface area contributed by atoms with E-state index in [2.05, 4.69) is 98.9 Å². The minimum atomic E-state index is -1.71. The van der Waals surface area contributed by atoms with E-state index >= 15 is 0 Å². The first-order valence-corrected chi connectivity index (χ1v) is 28.2. The number of carbonyl (C=O) groups is 1. The van der Waals surface area contributed by atoms with Gasteiger partial charge in [0.1, 0.15) is 54.9 Å². The van der Waals surface area contributed by atoms with E-state index in [1.54, 1.807) is 0 Å². The van der Waals surface area contributed by atoms with E-state index in [1.807, 2.05) is 0 Å². The van der Waals surface area contributed by atoms with Gasteiger partial charge in [-0.25, -0.2) is 0 Å². The molecule has 0 aromatic heterocycles. The Morgan fingerprint density at radius 3 is 1.41 bits per heavy atom. The summed E-state index contributed by atoms with van der Waals surface area (Å²) in [4.78, 5) is 13.1. The van der Waals surface area contributed by atoms with Gasteiger partial charge < -0.3 is 64.2 Å². The van der Waals surface area contributed by atoms with E-state index < -0.39 is 86.7 Å². The largest absolute Gasteiger partial charge is 0.457 e. The molecule has 7 N–H and O–H groups in total. The second-order valence-electron chi connectivity index (χ2n) is 19.4. The fourth-order valence-corrected chi connectivity index (χ4v) is 8.34. The second kappa shape index (κ2) is 45.4. The lowest BCUT2D eigenvalue weighted by molar-refractivity contribution is -0.332. The topological polar surface area (TPSA) is 214 Å². The molecule has 0 aromatic rings. The maximum absolute atomic E-state index is 13.1. The summed E-state index contributed by atoms with van der Waals surface area (Å²) in [7, 11) is 0. The lowest BCUT2D eigenvalue weighted by atomic mass is 9.98. The smallest absolute Gasteiger partial charge is 0.306 e. The fraction of sp³-hybridized carbons (Fsp3) is 0.746. The molecule has 2 saturated heterocycles. The van der Waals surface area contributed by atoms with Crippen molar-refractivity contribution >= 4 is 5.97 Å². The summed E-state index contributed by atoms with van der Waals surface area (Å²) in [6, 6.07) is 0. The Kier molecular flexibility index (Phi) is 41.2. The van der Waals surface area contributed by atoms with Crippen molar-refractivity contribution in [2.45, 2.75) is 248 Å². The van der Waals surface area contributed by atoms with Crippen molar-refractivity contribution in [1.29, 1.82) is 0 Å². The van der Waals surface area contributed by atoms with Crippen LogP contribution < -0.4 is 0 Å². The zero-order valence-electron chi connectivity index (χ0n) is 44.8. The predicted molar refractivity (Wildman–Crippen MR) is 288 cm³/mol. The quantitative estimate of drug-likeness (QED) is 0.0172. The van der Waals surface area contributed by atoms with E-state index in [9.17, 15) is 40.5 Å². The van der Waals surface area contributed by atoms with E-state index in [0.717, 1.165) is 103 Å². The molecule has 0 amide bonds. The average molecular weight is 1030 g/mol. The third kappa shape index (κ3) is 32.4. The highest BCUT2D eigenvalue weighted by molar-refractivity contribution is 5.69. The first-order chi connectivity index (χ1) is 35.6. The molecule has 14 heteroatoms. The fourth-order valence-electron chi connectivity index (χ4n) is 8.34. The number of allylic oxidation sites excluding steroid dienone is 14. The van der Waals surface area contributed by atoms with Gasteiger partial charge in [0.25, 0.3) is 0 Å². The van der Waals surface area contributed by atoms with Crippen molar-refractivity contribution in [3.63, 3.8) is 0 Å². The van der Waals surface area contributed by atoms with E-state index in [0.29, 0.717) is 13.0 Å². The Morgan fingerprint density at radius 2 is 0.890 bits per heavy atom. The first-order valence-electron chi connectivity index (χ1n) is 28.2. The average Bonchev–Trinajstić information content (AvgIpc) is 3.39. The number of hydrogen-bond acceptors (Lipinski definition) is 14. The zero-order chi connectivity index (χ0) is 53.0. The maximum Gasteiger partial charge on any atom is 0.306 e. The van der Waals surface area contributed by atoms with Crippen LogP contribution in [0.15, 0.2) is 85.1 Å². The molecule has 11 unspecified atom stereocenters. The summed E-state index contributed by atoms with van der Waals surface area (Å²) in [5.41, 5.74) is 0. The molecule has 0 spiro atoms. The summed E-state index contributed by atoms with van der Waals surface area (Å²) in [6.07, 6.45) is 42.1. The van der Waals surface area contributed by atoms with Crippen molar-refractivity contribution in [2.75, 3.05) is 33.0 Å². The standard InChI is InChI=1S/C59H100O14/c1-3-5-7-9-11-13-15-17-19-20-21-22-23-24-25-26-27-28-29-30-32-34-36-38-40-42-51(61)71-48(45-68-43-41-39-37-35-33-31-18-16-14-12-10-8-6-4-2)46-69-58-57(67)55(65)53(63)50(73-58)47-70-59-56(66)54(64)52(62)49(44-60)72-59/h5,7,11,13-14,16-17,19,21-22,24-25,27-28,48-50,52-60,62-67H,3-4,6,8-10,12,15,18,20,23,26,29-47H2,1-2H3/b7-5-,13-11-,16-14-,19-17-,22-21-,25-24-,28-27-. The predicted octanol–water partition coefficient (Wildman–Crippen LogP) is 9.63. The van der Waals surface area contributed by atoms with Gasteiger partial charge in [0, 0.05) is 13.0 Å². The Morgan fingerprint density at radius 1 is 0.466 bits per heavy atom. The molecule has 2 rings (SSSR count). The van der Waals surface area contributed by atoms with Crippen LogP contribution in [0.4, 0.5) is 0 Å². The second-order valence-corrected chi connectivity index (χ2v) is 19.4. The third-order valence-electron chi connectivity index (χ3n) is 12.9. The molecule has 0 bridgehead atoms. The summed E-state index contributed by atoms with van der Waals surface area (Å²) in [5.74, 6) is -0.396. The molecule has 2 aliphatic heterocycles. The highest BCUT2D eigenvalue weighted by Crippen LogP contribution is 2.26. The van der Waals surface area contributed by atoms with Gasteiger partial charge in [0.15, 0.2) is 12.6 Å². The Bertz CT molecular complexity index is 1530.